The molecule has 2 aromatic rings. The van der Waals surface area contributed by atoms with Crippen LogP contribution in [0.1, 0.15) is 76.0 Å². The number of nitrogens with zero attached hydrogens (tertiary/aromatic N) is 1. The third-order valence-electron chi connectivity index (χ3n) is 7.22. The van der Waals surface area contributed by atoms with Gasteiger partial charge in [0.15, 0.2) is 16.4 Å². The number of likely N-dealkylation sites (tertiary alicyclic amines) is 1. The molecule has 3 heterocycles. The lowest BCUT2D eigenvalue weighted by Gasteiger charge is -2.28. The first-order valence-electron chi connectivity index (χ1n) is 12.4. The van der Waals surface area contributed by atoms with E-state index in [1.165, 1.54) is 16.0 Å². The predicted octanol–water partition coefficient (Wildman–Crippen LogP) is 6.28. The summed E-state index contributed by atoms with van der Waals surface area (Å²) in [6.45, 7) is 4.87. The number of benzene rings is 2. The number of rotatable bonds is 9. The lowest BCUT2D eigenvalue weighted by molar-refractivity contribution is 0.0595. The maximum Gasteiger partial charge on any atom is 0.231 e. The fourth-order valence-electron chi connectivity index (χ4n) is 5.66. The van der Waals surface area contributed by atoms with Crippen molar-refractivity contribution in [1.29, 1.82) is 0 Å². The highest BCUT2D eigenvalue weighted by Gasteiger charge is 2.40. The zero-order chi connectivity index (χ0) is 22.8. The summed E-state index contributed by atoms with van der Waals surface area (Å²) in [5.74, 6) is 2.70. The van der Waals surface area contributed by atoms with Crippen LogP contribution in [0.15, 0.2) is 41.3 Å². The Balaban J connectivity index is 1.26. The summed E-state index contributed by atoms with van der Waals surface area (Å²) in [4.78, 5) is 3.43. The van der Waals surface area contributed by atoms with Gasteiger partial charge in [-0.3, -0.25) is 4.90 Å². The number of ether oxygens (including phenoxy) is 3. The van der Waals surface area contributed by atoms with Crippen molar-refractivity contribution in [1.82, 2.24) is 4.90 Å². The molecule has 2 atom stereocenters. The van der Waals surface area contributed by atoms with E-state index < -0.39 is 0 Å². The van der Waals surface area contributed by atoms with Gasteiger partial charge >= 0.3 is 0 Å². The van der Waals surface area contributed by atoms with E-state index in [9.17, 15) is 5.11 Å². The molecule has 3 aliphatic rings. The zero-order valence-corrected chi connectivity index (χ0v) is 20.5. The Morgan fingerprint density at radius 1 is 1.00 bits per heavy atom. The Morgan fingerprint density at radius 2 is 1.79 bits per heavy atom. The fourth-order valence-corrected chi connectivity index (χ4v) is 7.21. The first kappa shape index (κ1) is 22.9. The summed E-state index contributed by atoms with van der Waals surface area (Å²) in [7, 11) is 0. The van der Waals surface area contributed by atoms with Crippen molar-refractivity contribution in [3.8, 4) is 17.2 Å². The molecule has 0 amide bonds. The Hall–Kier alpha value is -1.89. The molecule has 0 spiro atoms. The third kappa shape index (κ3) is 4.58. The fraction of sp³-hybridized carbons (Fsp3) is 0.556. The molecule has 0 bridgehead atoms. The van der Waals surface area contributed by atoms with Crippen molar-refractivity contribution >= 4 is 11.8 Å². The summed E-state index contributed by atoms with van der Waals surface area (Å²) in [6, 6.07) is 13.5. The van der Waals surface area contributed by atoms with E-state index in [1.54, 1.807) is 0 Å². The van der Waals surface area contributed by atoms with Crippen molar-refractivity contribution in [2.24, 2.45) is 0 Å². The highest BCUT2D eigenvalue weighted by Crippen LogP contribution is 2.53. The topological polar surface area (TPSA) is 51.2 Å². The van der Waals surface area contributed by atoms with Crippen LogP contribution in [0.2, 0.25) is 0 Å². The largest absolute Gasteiger partial charge is 0.475 e. The van der Waals surface area contributed by atoms with Crippen LogP contribution in [0.25, 0.3) is 0 Å². The molecule has 1 N–H and O–H groups in total. The minimum atomic E-state index is -0.107. The van der Waals surface area contributed by atoms with Gasteiger partial charge in [0.1, 0.15) is 5.75 Å². The molecule has 2 aromatic carbocycles. The van der Waals surface area contributed by atoms with Crippen LogP contribution in [0.3, 0.4) is 0 Å². The van der Waals surface area contributed by atoms with Crippen LogP contribution in [0.5, 0.6) is 17.2 Å². The molecular weight excluding hydrogens is 434 g/mol. The van der Waals surface area contributed by atoms with Gasteiger partial charge < -0.3 is 19.3 Å². The van der Waals surface area contributed by atoms with Crippen LogP contribution in [0, 0.1) is 0 Å². The molecule has 2 unspecified atom stereocenters. The van der Waals surface area contributed by atoms with Gasteiger partial charge in [0.2, 0.25) is 6.79 Å². The minimum absolute atomic E-state index is 0.0901. The van der Waals surface area contributed by atoms with Crippen molar-refractivity contribution in [3.63, 3.8) is 0 Å². The van der Waals surface area contributed by atoms with Gasteiger partial charge in [-0.25, -0.2) is 0 Å². The number of aryl methyl sites for hydroxylation is 1. The molecule has 0 saturated carbocycles. The smallest absolute Gasteiger partial charge is 0.231 e. The predicted molar refractivity (Wildman–Crippen MR) is 131 cm³/mol. The van der Waals surface area contributed by atoms with Gasteiger partial charge in [-0.1, -0.05) is 50.6 Å². The van der Waals surface area contributed by atoms with Crippen molar-refractivity contribution in [3.05, 3.63) is 47.5 Å². The standard InChI is InChI=1S/C27H35NO4S/c1-3-13-27(14-4-2)32-24-12-7-20(16-26(24)33-27)22-10-9-21(28(22)17-29)8-5-19-6-11-23-25(15-19)31-18-30-23/h6-7,11-12,15-16,21-22,29H,3-5,8-10,13-14,17-18H2,1-2H3. The summed E-state index contributed by atoms with van der Waals surface area (Å²) in [5.41, 5.74) is 2.56. The quantitative estimate of drug-likeness (QED) is 0.466. The lowest BCUT2D eigenvalue weighted by Crippen LogP contribution is -2.32. The third-order valence-corrected chi connectivity index (χ3v) is 8.62. The molecule has 6 heteroatoms. The zero-order valence-electron chi connectivity index (χ0n) is 19.7. The molecule has 0 aromatic heterocycles. The Kier molecular flexibility index (Phi) is 6.77. The lowest BCUT2D eigenvalue weighted by atomic mass is 10.0. The van der Waals surface area contributed by atoms with E-state index in [0.29, 0.717) is 12.8 Å². The average molecular weight is 470 g/mol. The summed E-state index contributed by atoms with van der Waals surface area (Å²) >= 11 is 1.91. The van der Waals surface area contributed by atoms with Gasteiger partial charge in [-0.05, 0) is 73.9 Å². The Morgan fingerprint density at radius 3 is 2.58 bits per heavy atom. The van der Waals surface area contributed by atoms with Crippen LogP contribution in [-0.2, 0) is 6.42 Å². The molecule has 3 aliphatic heterocycles. The van der Waals surface area contributed by atoms with Crippen LogP contribution in [0.4, 0.5) is 0 Å². The van der Waals surface area contributed by atoms with Crippen molar-refractivity contribution < 1.29 is 19.3 Å². The highest BCUT2D eigenvalue weighted by atomic mass is 32.2. The molecule has 0 radical (unpaired) electrons. The van der Waals surface area contributed by atoms with E-state index in [0.717, 1.165) is 68.6 Å². The van der Waals surface area contributed by atoms with E-state index in [1.807, 2.05) is 17.8 Å². The van der Waals surface area contributed by atoms with Crippen molar-refractivity contribution in [2.75, 3.05) is 13.5 Å². The maximum atomic E-state index is 10.3. The molecule has 1 saturated heterocycles. The Labute approximate surface area is 201 Å². The second-order valence-electron chi connectivity index (χ2n) is 9.45. The summed E-state index contributed by atoms with van der Waals surface area (Å²) in [6.07, 6.45) is 8.56. The van der Waals surface area contributed by atoms with Crippen LogP contribution >= 0.6 is 11.8 Å². The van der Waals surface area contributed by atoms with E-state index >= 15 is 0 Å². The molecule has 5 nitrogen and oxygen atoms in total. The first-order valence-corrected chi connectivity index (χ1v) is 13.2. The van der Waals surface area contributed by atoms with Gasteiger partial charge in [-0.15, -0.1) is 0 Å². The maximum absolute atomic E-state index is 10.3. The Bertz CT molecular complexity index is 975. The summed E-state index contributed by atoms with van der Waals surface area (Å²) in [5, 5.41) is 10.3. The van der Waals surface area contributed by atoms with Gasteiger partial charge in [-0.2, -0.15) is 0 Å². The SMILES string of the molecule is CCCC1(CCC)Oc2ccc(C3CCC(CCc4ccc5c(c4)OCO5)N3CO)cc2S1. The van der Waals surface area contributed by atoms with Crippen LogP contribution < -0.4 is 14.2 Å². The average Bonchev–Trinajstić information content (AvgIpc) is 3.53. The molecular formula is C27H35NO4S. The van der Waals surface area contributed by atoms with Crippen LogP contribution in [-0.4, -0.2) is 34.5 Å². The van der Waals surface area contributed by atoms with E-state index in [4.69, 9.17) is 14.2 Å². The monoisotopic (exact) mass is 469 g/mol. The second kappa shape index (κ2) is 9.77. The number of thioether (sulfide) groups is 1. The summed E-state index contributed by atoms with van der Waals surface area (Å²) < 4.78 is 17.4. The minimum Gasteiger partial charge on any atom is -0.475 e. The van der Waals surface area contributed by atoms with E-state index in [2.05, 4.69) is 49.1 Å². The molecule has 33 heavy (non-hydrogen) atoms. The van der Waals surface area contributed by atoms with E-state index in [-0.39, 0.29) is 17.7 Å². The van der Waals surface area contributed by atoms with Gasteiger partial charge in [0.25, 0.3) is 0 Å². The molecule has 1 fully saturated rings. The number of hydrogen-bond donors (Lipinski definition) is 1. The second-order valence-corrected chi connectivity index (χ2v) is 10.8. The van der Waals surface area contributed by atoms with Gasteiger partial charge in [0, 0.05) is 12.1 Å². The van der Waals surface area contributed by atoms with Crippen molar-refractivity contribution in [2.45, 2.75) is 87.1 Å². The van der Waals surface area contributed by atoms with Gasteiger partial charge in [0.05, 0.1) is 11.6 Å². The normalized spacial score (nSPS) is 23.0. The molecule has 178 valence electrons. The highest BCUT2D eigenvalue weighted by molar-refractivity contribution is 8.00. The number of aliphatic hydroxyl groups is 1. The number of hydrogen-bond acceptors (Lipinski definition) is 6. The number of fused-ring (bicyclic) bond motifs is 2. The number of aliphatic hydroxyl groups excluding tert-OH is 1. The molecule has 5 rings (SSSR count). The molecule has 0 aliphatic carbocycles. The first-order chi connectivity index (χ1) is 16.1.